The number of piperidine rings is 1. The Bertz CT molecular complexity index is 952. The lowest BCUT2D eigenvalue weighted by Crippen LogP contribution is -2.45. The van der Waals surface area contributed by atoms with Crippen LogP contribution in [0.5, 0.6) is 0 Å². The van der Waals surface area contributed by atoms with Gasteiger partial charge < -0.3 is 19.2 Å². The van der Waals surface area contributed by atoms with Gasteiger partial charge in [-0.05, 0) is 57.4 Å². The van der Waals surface area contributed by atoms with Gasteiger partial charge in [-0.1, -0.05) is 5.16 Å². The minimum atomic E-state index is -0.0371. The molecule has 3 aromatic rings. The van der Waals surface area contributed by atoms with E-state index in [1.54, 1.807) is 19.4 Å². The number of nitrogens with zero attached hydrogens (tertiary/aromatic N) is 4. The van der Waals surface area contributed by atoms with Crippen molar-refractivity contribution in [1.29, 1.82) is 0 Å². The number of aryl methyl sites for hydroxylation is 2. The molecule has 8 nitrogen and oxygen atoms in total. The minimum absolute atomic E-state index is 0.0371. The van der Waals surface area contributed by atoms with Gasteiger partial charge in [0.2, 0.25) is 5.91 Å². The molecule has 0 aliphatic carbocycles. The molecule has 158 valence electrons. The van der Waals surface area contributed by atoms with Gasteiger partial charge in [0, 0.05) is 31.7 Å². The maximum Gasteiger partial charge on any atom is 0.259 e. The van der Waals surface area contributed by atoms with Gasteiger partial charge in [-0.2, -0.15) is 4.98 Å². The molecule has 1 amide bonds. The molecule has 4 rings (SSSR count). The van der Waals surface area contributed by atoms with Crippen molar-refractivity contribution in [3.05, 3.63) is 48.3 Å². The molecule has 2 atom stereocenters. The van der Waals surface area contributed by atoms with Gasteiger partial charge in [-0.25, -0.2) is 4.98 Å². The second-order valence-electron chi connectivity index (χ2n) is 7.86. The summed E-state index contributed by atoms with van der Waals surface area (Å²) in [4.78, 5) is 23.7. The van der Waals surface area contributed by atoms with Crippen LogP contribution in [0.4, 0.5) is 5.82 Å². The Labute approximate surface area is 175 Å². The molecule has 0 bridgehead atoms. The first-order chi connectivity index (χ1) is 14.6. The number of carbonyl (C=O) groups is 1. The number of hydrogen-bond donors (Lipinski definition) is 1. The summed E-state index contributed by atoms with van der Waals surface area (Å²) in [7, 11) is 0. The highest BCUT2D eigenvalue weighted by Crippen LogP contribution is 2.24. The molecule has 8 heteroatoms. The molecule has 4 heterocycles. The lowest BCUT2D eigenvalue weighted by Gasteiger charge is -2.33. The largest absolute Gasteiger partial charge is 0.469 e. The topological polar surface area (TPSA) is 97.3 Å². The second-order valence-corrected chi connectivity index (χ2v) is 7.86. The predicted molar refractivity (Wildman–Crippen MR) is 112 cm³/mol. The van der Waals surface area contributed by atoms with E-state index in [9.17, 15) is 4.79 Å². The van der Waals surface area contributed by atoms with E-state index in [2.05, 4.69) is 25.3 Å². The maximum atomic E-state index is 12.8. The van der Waals surface area contributed by atoms with Gasteiger partial charge in [-0.3, -0.25) is 4.79 Å². The number of aromatic nitrogens is 3. The average molecular weight is 409 g/mol. The van der Waals surface area contributed by atoms with Crippen molar-refractivity contribution in [3.8, 4) is 11.5 Å². The molecule has 1 fully saturated rings. The highest BCUT2D eigenvalue weighted by atomic mass is 16.5. The summed E-state index contributed by atoms with van der Waals surface area (Å²) in [6.07, 6.45) is 6.95. The summed E-state index contributed by atoms with van der Waals surface area (Å²) in [6, 6.07) is 7.83. The molecule has 1 N–H and O–H groups in total. The van der Waals surface area contributed by atoms with E-state index < -0.39 is 0 Å². The first-order valence-corrected chi connectivity index (χ1v) is 10.4. The summed E-state index contributed by atoms with van der Waals surface area (Å²) in [6.45, 7) is 5.39. The molecular formula is C22H27N5O3. The zero-order chi connectivity index (χ0) is 20.9. The van der Waals surface area contributed by atoms with Gasteiger partial charge >= 0.3 is 0 Å². The quantitative estimate of drug-likeness (QED) is 0.639. The van der Waals surface area contributed by atoms with Crippen LogP contribution in [0.15, 0.2) is 45.7 Å². The van der Waals surface area contributed by atoms with Crippen LogP contribution in [-0.2, 0) is 11.2 Å². The van der Waals surface area contributed by atoms with E-state index in [4.69, 9.17) is 8.94 Å². The molecule has 1 aliphatic heterocycles. The van der Waals surface area contributed by atoms with Crippen LogP contribution in [0.3, 0.4) is 0 Å². The molecule has 0 unspecified atom stereocenters. The smallest absolute Gasteiger partial charge is 0.259 e. The number of furan rings is 1. The van der Waals surface area contributed by atoms with Gasteiger partial charge in [0.15, 0.2) is 5.82 Å². The first kappa shape index (κ1) is 20.1. The minimum Gasteiger partial charge on any atom is -0.469 e. The monoisotopic (exact) mass is 409 g/mol. The number of anilines is 1. The fraction of sp³-hybridized carbons (Fsp3) is 0.455. The van der Waals surface area contributed by atoms with E-state index in [0.29, 0.717) is 18.3 Å². The number of amides is 1. The third-order valence-electron chi connectivity index (χ3n) is 5.43. The second kappa shape index (κ2) is 9.11. The molecule has 1 aliphatic rings. The number of carbonyl (C=O) groups excluding carboxylic acids is 1. The van der Waals surface area contributed by atoms with Crippen LogP contribution in [0.1, 0.15) is 37.8 Å². The summed E-state index contributed by atoms with van der Waals surface area (Å²) >= 11 is 0. The number of pyridine rings is 1. The Morgan fingerprint density at radius 1 is 1.37 bits per heavy atom. The van der Waals surface area contributed by atoms with Crippen molar-refractivity contribution < 1.29 is 13.7 Å². The Kier molecular flexibility index (Phi) is 6.11. The highest BCUT2D eigenvalue weighted by molar-refractivity contribution is 5.79. The van der Waals surface area contributed by atoms with E-state index in [1.807, 2.05) is 31.2 Å². The van der Waals surface area contributed by atoms with Crippen LogP contribution < -0.4 is 10.2 Å². The Morgan fingerprint density at radius 2 is 2.27 bits per heavy atom. The molecular weight excluding hydrogens is 382 g/mol. The number of hydrogen-bond acceptors (Lipinski definition) is 7. The molecule has 1 saturated heterocycles. The van der Waals surface area contributed by atoms with Crippen molar-refractivity contribution in [3.63, 3.8) is 0 Å². The van der Waals surface area contributed by atoms with Crippen molar-refractivity contribution >= 4 is 11.7 Å². The van der Waals surface area contributed by atoms with Crippen molar-refractivity contribution in [2.45, 2.75) is 45.6 Å². The molecule has 3 aromatic heterocycles. The molecule has 0 aromatic carbocycles. The summed E-state index contributed by atoms with van der Waals surface area (Å²) in [5.74, 6) is 2.95. The third kappa shape index (κ3) is 4.87. The number of nitrogens with one attached hydrogen (secondary N) is 1. The van der Waals surface area contributed by atoms with Crippen molar-refractivity contribution in [2.75, 3.05) is 18.0 Å². The molecule has 0 spiro atoms. The zero-order valence-electron chi connectivity index (χ0n) is 17.4. The van der Waals surface area contributed by atoms with Gasteiger partial charge in [0.25, 0.3) is 5.89 Å². The van der Waals surface area contributed by atoms with Crippen molar-refractivity contribution in [2.24, 2.45) is 5.92 Å². The fourth-order valence-corrected chi connectivity index (χ4v) is 3.76. The zero-order valence-corrected chi connectivity index (χ0v) is 17.4. The normalized spacial score (nSPS) is 17.7. The van der Waals surface area contributed by atoms with Crippen molar-refractivity contribution in [1.82, 2.24) is 20.4 Å². The average Bonchev–Trinajstić information content (AvgIpc) is 3.44. The van der Waals surface area contributed by atoms with E-state index in [-0.39, 0.29) is 17.9 Å². The van der Waals surface area contributed by atoms with E-state index in [0.717, 1.165) is 49.4 Å². The SMILES string of the molecule is Cc1noc(-c2ccc(N3CCC[C@@H](C(=O)N[C@H](C)CCc4ccco4)C3)nc2)n1. The lowest BCUT2D eigenvalue weighted by atomic mass is 9.96. The van der Waals surface area contributed by atoms with Crippen LogP contribution >= 0.6 is 0 Å². The first-order valence-electron chi connectivity index (χ1n) is 10.4. The third-order valence-corrected chi connectivity index (χ3v) is 5.43. The van der Waals surface area contributed by atoms with Crippen LogP contribution in [-0.4, -0.2) is 40.2 Å². The van der Waals surface area contributed by atoms with Crippen LogP contribution in [0.25, 0.3) is 11.5 Å². The summed E-state index contributed by atoms with van der Waals surface area (Å²) in [5, 5.41) is 6.97. The van der Waals surface area contributed by atoms with E-state index >= 15 is 0 Å². The molecule has 0 radical (unpaired) electrons. The van der Waals surface area contributed by atoms with Gasteiger partial charge in [0.05, 0.1) is 17.7 Å². The Morgan fingerprint density at radius 3 is 2.97 bits per heavy atom. The number of rotatable bonds is 7. The van der Waals surface area contributed by atoms with Gasteiger partial charge in [-0.15, -0.1) is 0 Å². The molecule has 0 saturated carbocycles. The van der Waals surface area contributed by atoms with Crippen LogP contribution in [0.2, 0.25) is 0 Å². The Balaban J connectivity index is 1.31. The molecule has 30 heavy (non-hydrogen) atoms. The Hall–Kier alpha value is -3.16. The standard InChI is InChI=1S/C22H27N5O3/c1-15(7-9-19-6-4-12-29-19)24-21(28)18-5-3-11-27(14-18)20-10-8-17(13-23-20)22-25-16(2)26-30-22/h4,6,8,10,12-13,15,18H,3,5,7,9,11,14H2,1-2H3,(H,24,28)/t15-,18-/m1/s1. The lowest BCUT2D eigenvalue weighted by molar-refractivity contribution is -0.125. The maximum absolute atomic E-state index is 12.8. The van der Waals surface area contributed by atoms with E-state index in [1.165, 1.54) is 0 Å². The summed E-state index contributed by atoms with van der Waals surface area (Å²) in [5.41, 5.74) is 0.788. The van der Waals surface area contributed by atoms with Gasteiger partial charge in [0.1, 0.15) is 11.6 Å². The fourth-order valence-electron chi connectivity index (χ4n) is 3.76. The highest BCUT2D eigenvalue weighted by Gasteiger charge is 2.27. The predicted octanol–water partition coefficient (Wildman–Crippen LogP) is 3.39. The summed E-state index contributed by atoms with van der Waals surface area (Å²) < 4.78 is 10.6. The van der Waals surface area contributed by atoms with Crippen LogP contribution in [0, 0.1) is 12.8 Å².